The first-order valence-corrected chi connectivity index (χ1v) is 23.1. The van der Waals surface area contributed by atoms with Crippen molar-refractivity contribution in [2.75, 3.05) is 13.1 Å². The molecule has 0 spiro atoms. The zero-order chi connectivity index (χ0) is 48.9. The number of aryl methyl sites for hydroxylation is 1. The molecule has 23 heteroatoms. The van der Waals surface area contributed by atoms with Crippen LogP contribution in [0.1, 0.15) is 75.0 Å². The van der Waals surface area contributed by atoms with Crippen LogP contribution in [0.15, 0.2) is 66.0 Å². The Balaban J connectivity index is 1.55. The molecular formula is C43H52Cl2F2N8O10S. The van der Waals surface area contributed by atoms with Gasteiger partial charge in [0, 0.05) is 36.8 Å². The molecule has 1 fully saturated rings. The van der Waals surface area contributed by atoms with E-state index in [4.69, 9.17) is 27.9 Å². The number of halogens is 4. The lowest BCUT2D eigenvalue weighted by atomic mass is 9.96. The second-order valence-electron chi connectivity index (χ2n) is 16.1. The van der Waals surface area contributed by atoms with Crippen molar-refractivity contribution in [1.29, 1.82) is 0 Å². The molecule has 0 saturated carbocycles. The van der Waals surface area contributed by atoms with Gasteiger partial charge in [-0.3, -0.25) is 38.5 Å². The number of hydrogen-bond donors (Lipinski definition) is 5. The molecule has 0 aliphatic carbocycles. The lowest BCUT2D eigenvalue weighted by Gasteiger charge is -2.33. The minimum atomic E-state index is -4.61. The maximum absolute atomic E-state index is 14.6. The van der Waals surface area contributed by atoms with Gasteiger partial charge in [0.05, 0.1) is 30.5 Å². The molecule has 18 nitrogen and oxygen atoms in total. The Hall–Kier alpha value is -5.64. The summed E-state index contributed by atoms with van der Waals surface area (Å²) in [6.45, 7) is 7.34. The normalized spacial score (nSPS) is 16.7. The van der Waals surface area contributed by atoms with Gasteiger partial charge < -0.3 is 30.9 Å². The molecule has 1 aliphatic rings. The summed E-state index contributed by atoms with van der Waals surface area (Å²) >= 11 is 12.0. The summed E-state index contributed by atoms with van der Waals surface area (Å²) in [6, 6.07) is 5.12. The van der Waals surface area contributed by atoms with Gasteiger partial charge in [-0.2, -0.15) is 0 Å². The van der Waals surface area contributed by atoms with Crippen molar-refractivity contribution < 1.29 is 55.5 Å². The van der Waals surface area contributed by atoms with Crippen molar-refractivity contribution in [3.05, 3.63) is 87.9 Å². The van der Waals surface area contributed by atoms with E-state index >= 15 is 0 Å². The molecule has 0 radical (unpaired) electrons. The number of amides is 6. The number of likely N-dealkylation sites (tertiary alicyclic amines) is 1. The predicted molar refractivity (Wildman–Crippen MR) is 236 cm³/mol. The fraction of sp³-hybridized carbons (Fsp3) is 0.465. The van der Waals surface area contributed by atoms with Gasteiger partial charge in [0.1, 0.15) is 34.8 Å². The number of Topliss-reactive ketones (excluding diaryl/α,β-unsaturated/α-hetero) is 1. The van der Waals surface area contributed by atoms with Crippen molar-refractivity contribution in [3.8, 4) is 0 Å². The zero-order valence-corrected chi connectivity index (χ0v) is 39.0. The highest BCUT2D eigenvalue weighted by atomic mass is 35.5. The number of ether oxygens (including phenoxy) is 1. The third kappa shape index (κ3) is 14.9. The Labute approximate surface area is 390 Å². The smallest absolute Gasteiger partial charge is 0.290 e. The number of rotatable bonds is 22. The van der Waals surface area contributed by atoms with Crippen molar-refractivity contribution in [3.63, 3.8) is 0 Å². The molecular weight excluding hydrogens is 929 g/mol. The van der Waals surface area contributed by atoms with E-state index in [-0.39, 0.29) is 47.7 Å². The summed E-state index contributed by atoms with van der Waals surface area (Å²) in [5.74, 6) is -8.45. The zero-order valence-electron chi connectivity index (χ0n) is 36.7. The Bertz CT molecular complexity index is 2350. The largest absolute Gasteiger partial charge is 0.372 e. The quantitative estimate of drug-likeness (QED) is 0.0911. The SMILES string of the molecule is CC[C@@H](C)C(NC(=O)[C@H](CC(C)C)NC(=O)c1cnccn1)C(=O)N1C[C@H](OCc2ccccc2)C[C@H]1C(=O)N[C@@H](CC(F)F)C(=O)C(=O)NCC(=O)NS(=O)(=O)c1cc(C)c(Cl)cc1Cl. The first-order chi connectivity index (χ1) is 31.1. The van der Waals surface area contributed by atoms with E-state index in [1.54, 1.807) is 48.9 Å². The highest BCUT2D eigenvalue weighted by Crippen LogP contribution is 2.29. The number of carbonyl (C=O) groups is 7. The molecule has 5 N–H and O–H groups in total. The highest BCUT2D eigenvalue weighted by Gasteiger charge is 2.45. The summed E-state index contributed by atoms with van der Waals surface area (Å²) in [5.41, 5.74) is 1.03. The molecule has 2 aromatic carbocycles. The number of alkyl halides is 2. The summed E-state index contributed by atoms with van der Waals surface area (Å²) in [6.07, 6.45) is -1.17. The van der Waals surface area contributed by atoms with Crippen molar-refractivity contribution >= 4 is 74.5 Å². The van der Waals surface area contributed by atoms with Crippen LogP contribution in [0.25, 0.3) is 0 Å². The first kappa shape index (κ1) is 53.0. The van der Waals surface area contributed by atoms with Gasteiger partial charge in [-0.25, -0.2) is 26.9 Å². The highest BCUT2D eigenvalue weighted by molar-refractivity contribution is 7.90. The minimum Gasteiger partial charge on any atom is -0.372 e. The Kier molecular flexibility index (Phi) is 19.4. The van der Waals surface area contributed by atoms with E-state index in [1.165, 1.54) is 25.5 Å². The number of benzene rings is 2. The van der Waals surface area contributed by atoms with Crippen LogP contribution in [0.3, 0.4) is 0 Å². The topological polar surface area (TPSA) is 252 Å². The molecule has 1 aromatic heterocycles. The molecule has 3 aromatic rings. The van der Waals surface area contributed by atoms with E-state index in [0.717, 1.165) is 22.6 Å². The standard InChI is InChI=1S/C43H52Cl2F2N8O10S/c1-6-24(4)37(53-39(58)31(14-23(2)3)52-40(59)32-19-48-12-13-49-32)43(62)55-21-27(65-22-26-10-8-7-9-11-26)16-33(55)41(60)51-30(18-35(46)47)38(57)42(61)50-20-36(56)54-66(63,64)34-15-25(5)28(44)17-29(34)45/h7-13,15,17,19,23-24,27,30-31,33,35,37H,6,14,16,18,20-22H2,1-5H3,(H,50,61)(H,51,60)(H,52,59)(H,53,58)(H,54,56)/t24-,27-,30+,31+,33+,37?/m1/s1. The average molecular weight is 982 g/mol. The molecule has 0 bridgehead atoms. The average Bonchev–Trinajstić information content (AvgIpc) is 3.71. The molecule has 6 amide bonds. The number of nitrogens with one attached hydrogen (secondary N) is 5. The molecule has 358 valence electrons. The molecule has 1 unspecified atom stereocenters. The van der Waals surface area contributed by atoms with Crippen molar-refractivity contribution in [1.82, 2.24) is 40.9 Å². The minimum absolute atomic E-state index is 0.0471. The first-order valence-electron chi connectivity index (χ1n) is 20.9. The third-order valence-electron chi connectivity index (χ3n) is 10.5. The van der Waals surface area contributed by atoms with E-state index in [0.29, 0.717) is 12.0 Å². The fourth-order valence-corrected chi connectivity index (χ4v) is 8.64. The summed E-state index contributed by atoms with van der Waals surface area (Å²) in [4.78, 5) is 103. The molecule has 1 aliphatic heterocycles. The van der Waals surface area contributed by atoms with Crippen LogP contribution < -0.4 is 26.0 Å². The fourth-order valence-electron chi connectivity index (χ4n) is 6.83. The lowest BCUT2D eigenvalue weighted by molar-refractivity contribution is -0.144. The van der Waals surface area contributed by atoms with Crippen LogP contribution in [0.5, 0.6) is 0 Å². The summed E-state index contributed by atoms with van der Waals surface area (Å²) in [5, 5.41) is 9.28. The van der Waals surface area contributed by atoms with Gasteiger partial charge in [0.15, 0.2) is 0 Å². The van der Waals surface area contributed by atoms with Gasteiger partial charge in [-0.15, -0.1) is 0 Å². The Morgan fingerprint density at radius 3 is 2.24 bits per heavy atom. The van der Waals surface area contributed by atoms with Gasteiger partial charge >= 0.3 is 0 Å². The van der Waals surface area contributed by atoms with E-state index in [9.17, 15) is 50.8 Å². The van der Waals surface area contributed by atoms with Crippen LogP contribution >= 0.6 is 23.2 Å². The summed E-state index contributed by atoms with van der Waals surface area (Å²) < 4.78 is 61.4. The number of carbonyl (C=O) groups excluding carboxylic acids is 7. The molecule has 66 heavy (non-hydrogen) atoms. The molecule has 4 rings (SSSR count). The monoisotopic (exact) mass is 980 g/mol. The lowest BCUT2D eigenvalue weighted by Crippen LogP contribution is -2.59. The number of hydrogen-bond acceptors (Lipinski definition) is 12. The van der Waals surface area contributed by atoms with Crippen LogP contribution in [0, 0.1) is 18.8 Å². The number of nitrogens with zero attached hydrogens (tertiary/aromatic N) is 3. The van der Waals surface area contributed by atoms with Gasteiger partial charge in [0.2, 0.25) is 29.9 Å². The van der Waals surface area contributed by atoms with Gasteiger partial charge in [-0.1, -0.05) is 87.6 Å². The van der Waals surface area contributed by atoms with Gasteiger partial charge in [-0.05, 0) is 48.4 Å². The second-order valence-corrected chi connectivity index (χ2v) is 18.5. The molecule has 2 heterocycles. The predicted octanol–water partition coefficient (Wildman–Crippen LogP) is 3.28. The number of aromatic nitrogens is 2. The second kappa shape index (κ2) is 24.2. The van der Waals surface area contributed by atoms with Crippen LogP contribution in [0.2, 0.25) is 10.0 Å². The van der Waals surface area contributed by atoms with Crippen molar-refractivity contribution in [2.45, 2.75) is 109 Å². The van der Waals surface area contributed by atoms with E-state index in [2.05, 4.69) is 25.9 Å². The van der Waals surface area contributed by atoms with Crippen LogP contribution in [-0.4, -0.2) is 114 Å². The Morgan fingerprint density at radius 2 is 1.62 bits per heavy atom. The third-order valence-corrected chi connectivity index (χ3v) is 12.8. The Morgan fingerprint density at radius 1 is 0.924 bits per heavy atom. The molecule has 1 saturated heterocycles. The number of sulfonamides is 1. The van der Waals surface area contributed by atoms with E-state index in [1.807, 2.05) is 19.2 Å². The summed E-state index contributed by atoms with van der Waals surface area (Å²) in [7, 11) is -4.61. The van der Waals surface area contributed by atoms with Crippen LogP contribution in [0.4, 0.5) is 8.78 Å². The maximum atomic E-state index is 14.6. The molecule has 6 atom stereocenters. The van der Waals surface area contributed by atoms with E-state index < -0.39 is 112 Å². The maximum Gasteiger partial charge on any atom is 0.290 e. The number of ketones is 1. The van der Waals surface area contributed by atoms with Crippen molar-refractivity contribution in [2.24, 2.45) is 11.8 Å². The van der Waals surface area contributed by atoms with Crippen LogP contribution in [-0.2, 0) is 50.1 Å². The van der Waals surface area contributed by atoms with Gasteiger partial charge in [0.25, 0.3) is 27.7 Å².